The Balaban J connectivity index is 2.09. The van der Waals surface area contributed by atoms with Crippen molar-refractivity contribution < 1.29 is 13.9 Å². The number of carbonyl (C=O) groups excluding carboxylic acids is 1. The van der Waals surface area contributed by atoms with Gasteiger partial charge in [0.15, 0.2) is 11.5 Å². The third-order valence-electron chi connectivity index (χ3n) is 2.98. The fourth-order valence-corrected chi connectivity index (χ4v) is 2.56. The van der Waals surface area contributed by atoms with Crippen LogP contribution in [0.1, 0.15) is 10.5 Å². The maximum Gasteiger partial charge on any atom is 0.271 e. The fraction of sp³-hybridized carbons (Fsp3) is 0.0667. The van der Waals surface area contributed by atoms with E-state index in [9.17, 15) is 4.79 Å². The topological polar surface area (TPSA) is 78.3 Å². The van der Waals surface area contributed by atoms with Crippen LogP contribution in [-0.2, 0) is 0 Å². The lowest BCUT2D eigenvalue weighted by Crippen LogP contribution is -2.12. The van der Waals surface area contributed by atoms with E-state index in [-0.39, 0.29) is 5.69 Å². The molecule has 0 unspecified atom stereocenters. The molecule has 0 radical (unpaired) electrons. The van der Waals surface area contributed by atoms with Gasteiger partial charge in [0, 0.05) is 16.5 Å². The van der Waals surface area contributed by atoms with Gasteiger partial charge in [-0.15, -0.1) is 0 Å². The Bertz CT molecular complexity index is 761. The number of carbonyl (C=O) groups is 1. The Morgan fingerprint density at radius 3 is 2.57 bits per heavy atom. The standard InChI is InChI=1S/C15H12N2O3S/c1-19-11-4-2-9(3-5-11)13-12(14(16)18)17-15(20-13)10-6-7-21-8-10/h2-8H,1H3,(H2,16,18). The number of primary amides is 1. The van der Waals surface area contributed by atoms with E-state index in [1.165, 1.54) is 11.3 Å². The summed E-state index contributed by atoms with van der Waals surface area (Å²) in [6.07, 6.45) is 0. The van der Waals surface area contributed by atoms with E-state index in [1.807, 2.05) is 16.8 Å². The van der Waals surface area contributed by atoms with Crippen LogP contribution in [0.3, 0.4) is 0 Å². The summed E-state index contributed by atoms with van der Waals surface area (Å²) in [4.78, 5) is 15.8. The molecule has 3 aromatic rings. The Morgan fingerprint density at radius 2 is 2.00 bits per heavy atom. The van der Waals surface area contributed by atoms with Crippen LogP contribution in [0, 0.1) is 0 Å². The highest BCUT2D eigenvalue weighted by atomic mass is 32.1. The van der Waals surface area contributed by atoms with Crippen LogP contribution in [0.25, 0.3) is 22.8 Å². The molecule has 3 rings (SSSR count). The average molecular weight is 300 g/mol. The molecule has 21 heavy (non-hydrogen) atoms. The second-order valence-electron chi connectivity index (χ2n) is 4.30. The van der Waals surface area contributed by atoms with Crippen molar-refractivity contribution in [2.24, 2.45) is 5.73 Å². The van der Waals surface area contributed by atoms with Gasteiger partial charge in [-0.2, -0.15) is 11.3 Å². The van der Waals surface area contributed by atoms with Crippen molar-refractivity contribution in [1.82, 2.24) is 4.98 Å². The van der Waals surface area contributed by atoms with E-state index in [0.29, 0.717) is 11.7 Å². The minimum absolute atomic E-state index is 0.126. The molecule has 2 aromatic heterocycles. The number of hydrogen-bond acceptors (Lipinski definition) is 5. The molecule has 0 atom stereocenters. The van der Waals surface area contributed by atoms with Gasteiger partial charge in [0.1, 0.15) is 5.75 Å². The van der Waals surface area contributed by atoms with Crippen molar-refractivity contribution in [3.8, 4) is 28.5 Å². The van der Waals surface area contributed by atoms with Gasteiger partial charge in [0.05, 0.1) is 7.11 Å². The van der Waals surface area contributed by atoms with Crippen molar-refractivity contribution in [3.05, 3.63) is 46.8 Å². The van der Waals surface area contributed by atoms with Crippen LogP contribution in [0.2, 0.25) is 0 Å². The molecule has 2 N–H and O–H groups in total. The lowest BCUT2D eigenvalue weighted by atomic mass is 10.1. The second kappa shape index (κ2) is 5.41. The highest BCUT2D eigenvalue weighted by molar-refractivity contribution is 7.08. The van der Waals surface area contributed by atoms with Crippen molar-refractivity contribution in [2.75, 3.05) is 7.11 Å². The van der Waals surface area contributed by atoms with E-state index in [1.54, 1.807) is 31.4 Å². The first kappa shape index (κ1) is 13.4. The van der Waals surface area contributed by atoms with Gasteiger partial charge in [-0.25, -0.2) is 4.98 Å². The van der Waals surface area contributed by atoms with E-state index >= 15 is 0 Å². The van der Waals surface area contributed by atoms with E-state index < -0.39 is 5.91 Å². The minimum atomic E-state index is -0.619. The molecule has 2 heterocycles. The number of methoxy groups -OCH3 is 1. The van der Waals surface area contributed by atoms with E-state index in [2.05, 4.69) is 4.98 Å². The number of benzene rings is 1. The first-order valence-corrected chi connectivity index (χ1v) is 7.11. The smallest absolute Gasteiger partial charge is 0.271 e. The highest BCUT2D eigenvalue weighted by Gasteiger charge is 2.20. The Hall–Kier alpha value is -2.60. The molecule has 0 saturated carbocycles. The average Bonchev–Trinajstić information content (AvgIpc) is 3.16. The molecule has 0 bridgehead atoms. The third-order valence-corrected chi connectivity index (χ3v) is 3.66. The molecule has 1 amide bonds. The Kier molecular flexibility index (Phi) is 3.45. The molecule has 6 heteroatoms. The van der Waals surface area contributed by atoms with Crippen molar-refractivity contribution in [3.63, 3.8) is 0 Å². The predicted octanol–water partition coefficient (Wildman–Crippen LogP) is 3.18. The van der Waals surface area contributed by atoms with Gasteiger partial charge in [0.2, 0.25) is 5.89 Å². The number of oxazole rings is 1. The summed E-state index contributed by atoms with van der Waals surface area (Å²) in [5.41, 5.74) is 7.06. The maximum absolute atomic E-state index is 11.6. The lowest BCUT2D eigenvalue weighted by molar-refractivity contribution is 0.0996. The van der Waals surface area contributed by atoms with Crippen LogP contribution in [-0.4, -0.2) is 18.0 Å². The molecule has 0 saturated heterocycles. The molecule has 0 spiro atoms. The van der Waals surface area contributed by atoms with E-state index in [0.717, 1.165) is 16.9 Å². The summed E-state index contributed by atoms with van der Waals surface area (Å²) in [5, 5.41) is 3.81. The van der Waals surface area contributed by atoms with Gasteiger partial charge in [-0.1, -0.05) is 0 Å². The second-order valence-corrected chi connectivity index (χ2v) is 5.08. The maximum atomic E-state index is 11.6. The van der Waals surface area contributed by atoms with Crippen molar-refractivity contribution in [1.29, 1.82) is 0 Å². The van der Waals surface area contributed by atoms with Crippen LogP contribution >= 0.6 is 11.3 Å². The Labute approximate surface area is 125 Å². The molecule has 0 aliphatic carbocycles. The molecular formula is C15H12N2O3S. The molecule has 5 nitrogen and oxygen atoms in total. The number of aromatic nitrogens is 1. The number of thiophene rings is 1. The number of ether oxygens (including phenoxy) is 1. The summed E-state index contributed by atoms with van der Waals surface area (Å²) < 4.78 is 10.8. The molecule has 106 valence electrons. The van der Waals surface area contributed by atoms with Gasteiger partial charge in [-0.05, 0) is 35.7 Å². The van der Waals surface area contributed by atoms with Gasteiger partial charge < -0.3 is 14.9 Å². The Morgan fingerprint density at radius 1 is 1.24 bits per heavy atom. The van der Waals surface area contributed by atoms with Gasteiger partial charge >= 0.3 is 0 Å². The lowest BCUT2D eigenvalue weighted by Gasteiger charge is -2.01. The zero-order valence-electron chi connectivity index (χ0n) is 11.2. The van der Waals surface area contributed by atoms with Gasteiger partial charge in [0.25, 0.3) is 5.91 Å². The zero-order valence-corrected chi connectivity index (χ0v) is 12.0. The number of nitrogens with two attached hydrogens (primary N) is 1. The normalized spacial score (nSPS) is 10.5. The number of nitrogens with zero attached hydrogens (tertiary/aromatic N) is 1. The number of amides is 1. The largest absolute Gasteiger partial charge is 0.497 e. The quantitative estimate of drug-likeness (QED) is 0.802. The summed E-state index contributed by atoms with van der Waals surface area (Å²) in [6.45, 7) is 0. The van der Waals surface area contributed by atoms with Crippen molar-refractivity contribution in [2.45, 2.75) is 0 Å². The molecule has 0 aliphatic heterocycles. The van der Waals surface area contributed by atoms with Crippen LogP contribution in [0.4, 0.5) is 0 Å². The predicted molar refractivity (Wildman–Crippen MR) is 80.3 cm³/mol. The van der Waals surface area contributed by atoms with Crippen molar-refractivity contribution >= 4 is 17.2 Å². The van der Waals surface area contributed by atoms with Crippen LogP contribution in [0.5, 0.6) is 5.75 Å². The first-order chi connectivity index (χ1) is 10.2. The molecular weight excluding hydrogens is 288 g/mol. The fourth-order valence-electron chi connectivity index (χ4n) is 1.93. The van der Waals surface area contributed by atoms with Crippen LogP contribution in [0.15, 0.2) is 45.5 Å². The highest BCUT2D eigenvalue weighted by Crippen LogP contribution is 2.31. The number of hydrogen-bond donors (Lipinski definition) is 1. The van der Waals surface area contributed by atoms with Crippen LogP contribution < -0.4 is 10.5 Å². The minimum Gasteiger partial charge on any atom is -0.497 e. The summed E-state index contributed by atoms with van der Waals surface area (Å²) in [7, 11) is 1.59. The molecule has 1 aromatic carbocycles. The monoisotopic (exact) mass is 300 g/mol. The number of rotatable bonds is 4. The van der Waals surface area contributed by atoms with Gasteiger partial charge in [-0.3, -0.25) is 4.79 Å². The molecule has 0 fully saturated rings. The first-order valence-electron chi connectivity index (χ1n) is 6.16. The summed E-state index contributed by atoms with van der Waals surface area (Å²) in [6, 6.07) is 9.03. The summed E-state index contributed by atoms with van der Waals surface area (Å²) in [5.74, 6) is 0.852. The summed E-state index contributed by atoms with van der Waals surface area (Å²) >= 11 is 1.53. The molecule has 0 aliphatic rings. The zero-order chi connectivity index (χ0) is 14.8. The SMILES string of the molecule is COc1ccc(-c2oc(-c3ccsc3)nc2C(N)=O)cc1. The van der Waals surface area contributed by atoms with E-state index in [4.69, 9.17) is 14.9 Å². The third kappa shape index (κ3) is 2.53.